The van der Waals surface area contributed by atoms with Crippen molar-refractivity contribution in [2.24, 2.45) is 5.92 Å². The maximum Gasteiger partial charge on any atom is 0.252 e. The van der Waals surface area contributed by atoms with Crippen LogP contribution in [0.5, 0.6) is 17.2 Å². The normalized spacial score (nSPS) is 21.1. The number of nitrogens with one attached hydrogen (secondary N) is 1. The number of benzene rings is 4. The number of rotatable bonds is 7. The summed E-state index contributed by atoms with van der Waals surface area (Å²) in [5.41, 5.74) is 6.74. The fraction of sp³-hybridized carbons (Fsp3) is 0.375. The van der Waals surface area contributed by atoms with Gasteiger partial charge in [0, 0.05) is 87.1 Å². The van der Waals surface area contributed by atoms with Crippen LogP contribution >= 0.6 is 0 Å². The average Bonchev–Trinajstić information content (AvgIpc) is 3.50. The van der Waals surface area contributed by atoms with E-state index in [1.807, 2.05) is 24.3 Å². The molecule has 4 aliphatic rings. The minimum Gasteiger partial charge on any atom is -0.508 e. The van der Waals surface area contributed by atoms with Gasteiger partial charge in [-0.15, -0.1) is 0 Å². The Hall–Kier alpha value is -4.76. The van der Waals surface area contributed by atoms with Gasteiger partial charge in [0.2, 0.25) is 0 Å². The zero-order valence-corrected chi connectivity index (χ0v) is 27.9. The van der Waals surface area contributed by atoms with Crippen LogP contribution in [0.1, 0.15) is 57.3 Å². The summed E-state index contributed by atoms with van der Waals surface area (Å²) >= 11 is 0. The fourth-order valence-corrected chi connectivity index (χ4v) is 8.23. The van der Waals surface area contributed by atoms with Crippen molar-refractivity contribution in [3.63, 3.8) is 0 Å². The number of methoxy groups -OCH3 is 1. The summed E-state index contributed by atoms with van der Waals surface area (Å²) in [6.07, 6.45) is 2.30. The minimum atomic E-state index is -0.306. The smallest absolute Gasteiger partial charge is 0.252 e. The van der Waals surface area contributed by atoms with Gasteiger partial charge < -0.3 is 29.7 Å². The number of phenolic OH excluding ortho intramolecular Hbond substituents is 1. The number of hydrogen-bond acceptors (Lipinski definition) is 7. The molecule has 1 amide bonds. The lowest BCUT2D eigenvalue weighted by Crippen LogP contribution is -2.49. The van der Waals surface area contributed by atoms with E-state index in [1.165, 1.54) is 22.9 Å². The van der Waals surface area contributed by atoms with Crippen molar-refractivity contribution >= 4 is 17.3 Å². The zero-order chi connectivity index (χ0) is 33.5. The Labute approximate surface area is 287 Å². The lowest BCUT2D eigenvalue weighted by Gasteiger charge is -2.40. The molecule has 9 heteroatoms. The Balaban J connectivity index is 0.886. The molecule has 49 heavy (non-hydrogen) atoms. The van der Waals surface area contributed by atoms with Crippen molar-refractivity contribution in [1.82, 2.24) is 10.2 Å². The summed E-state index contributed by atoms with van der Waals surface area (Å²) in [5.74, 6) is 2.17. The number of nitrogens with zero attached hydrogens (tertiary/aromatic N) is 3. The van der Waals surface area contributed by atoms with Gasteiger partial charge in [-0.1, -0.05) is 30.3 Å². The largest absolute Gasteiger partial charge is 0.508 e. The number of fused-ring (bicyclic) bond motifs is 2. The van der Waals surface area contributed by atoms with Crippen LogP contribution < -0.4 is 24.6 Å². The Morgan fingerprint density at radius 2 is 1.61 bits per heavy atom. The Kier molecular flexibility index (Phi) is 8.53. The molecular formula is C40H43FN4O4. The van der Waals surface area contributed by atoms with Crippen LogP contribution in [0.4, 0.5) is 15.8 Å². The third kappa shape index (κ3) is 6.28. The lowest BCUT2D eigenvalue weighted by molar-refractivity contribution is 0.0965. The van der Waals surface area contributed by atoms with Crippen LogP contribution in [-0.4, -0.2) is 75.4 Å². The number of carbonyl (C=O) groups is 1. The molecule has 0 aliphatic carbocycles. The Morgan fingerprint density at radius 3 is 2.35 bits per heavy atom. The molecule has 0 unspecified atom stereocenters. The number of amides is 1. The van der Waals surface area contributed by atoms with Crippen molar-refractivity contribution in [2.75, 3.05) is 69.3 Å². The van der Waals surface area contributed by atoms with Crippen LogP contribution in [0.2, 0.25) is 0 Å². The number of hydrogen-bond donors (Lipinski definition) is 2. The molecule has 8 rings (SSSR count). The van der Waals surface area contributed by atoms with Crippen LogP contribution in [-0.2, 0) is 6.54 Å². The lowest BCUT2D eigenvalue weighted by atomic mass is 9.76. The monoisotopic (exact) mass is 662 g/mol. The second-order valence-electron chi connectivity index (χ2n) is 13.8. The topological polar surface area (TPSA) is 77.5 Å². The van der Waals surface area contributed by atoms with E-state index in [0.29, 0.717) is 30.3 Å². The number of aromatic hydroxyl groups is 1. The van der Waals surface area contributed by atoms with Gasteiger partial charge in [0.05, 0.1) is 19.4 Å². The molecule has 0 aromatic heterocycles. The number of ether oxygens (including phenoxy) is 2. The molecule has 4 aromatic rings. The molecule has 8 nitrogen and oxygen atoms in total. The maximum absolute atomic E-state index is 14.9. The van der Waals surface area contributed by atoms with Crippen LogP contribution in [0.25, 0.3) is 0 Å². The van der Waals surface area contributed by atoms with Gasteiger partial charge in [-0.3, -0.25) is 9.69 Å². The summed E-state index contributed by atoms with van der Waals surface area (Å²) in [6.45, 7) is 7.58. The molecule has 0 bridgehead atoms. The van der Waals surface area contributed by atoms with E-state index in [1.54, 1.807) is 19.2 Å². The molecule has 2 N–H and O–H groups in total. The summed E-state index contributed by atoms with van der Waals surface area (Å²) in [6, 6.07) is 26.0. The maximum atomic E-state index is 14.9. The van der Waals surface area contributed by atoms with Gasteiger partial charge in [-0.25, -0.2) is 4.39 Å². The van der Waals surface area contributed by atoms with Crippen molar-refractivity contribution in [2.45, 2.75) is 31.2 Å². The van der Waals surface area contributed by atoms with Crippen molar-refractivity contribution in [1.29, 1.82) is 0 Å². The van der Waals surface area contributed by atoms with Crippen molar-refractivity contribution in [3.05, 3.63) is 112 Å². The van der Waals surface area contributed by atoms with E-state index >= 15 is 0 Å². The third-order valence-electron chi connectivity index (χ3n) is 11.0. The molecule has 4 aliphatic heterocycles. The van der Waals surface area contributed by atoms with Crippen molar-refractivity contribution in [3.8, 4) is 17.2 Å². The van der Waals surface area contributed by atoms with E-state index in [0.717, 1.165) is 81.3 Å². The first-order chi connectivity index (χ1) is 23.9. The number of phenols is 1. The second kappa shape index (κ2) is 13.3. The highest BCUT2D eigenvalue weighted by atomic mass is 19.1. The number of halogens is 1. The highest BCUT2D eigenvalue weighted by Crippen LogP contribution is 2.47. The minimum absolute atomic E-state index is 0.0957. The molecule has 0 radical (unpaired) electrons. The first-order valence-electron chi connectivity index (χ1n) is 17.5. The van der Waals surface area contributed by atoms with Crippen molar-refractivity contribution < 1.29 is 23.8 Å². The first kappa shape index (κ1) is 31.5. The summed E-state index contributed by atoms with van der Waals surface area (Å²) in [5, 5.41) is 12.9. The molecule has 254 valence electrons. The number of piperidine rings is 1. The van der Waals surface area contributed by atoms with Crippen LogP contribution in [0, 0.1) is 11.7 Å². The average molecular weight is 663 g/mol. The van der Waals surface area contributed by atoms with Gasteiger partial charge in [0.25, 0.3) is 5.91 Å². The highest BCUT2D eigenvalue weighted by Gasteiger charge is 2.34. The Bertz CT molecular complexity index is 1820. The molecule has 4 aromatic carbocycles. The van der Waals surface area contributed by atoms with Gasteiger partial charge in [-0.05, 0) is 77.9 Å². The standard InChI is InChI=1S/C40H43FN4O4/c1-48-32-9-4-27(5-10-32)35-25-49-38-21-31(46)8-11-33(38)39(35)28-2-6-30(7-3-28)44-14-12-26(13-15-44)24-43-16-18-45(19-17-43)37-20-29-23-42-40(47)34(29)22-36(37)41/h2-11,20-22,26,35,39,46H,12-19,23-25H2,1H3,(H,42,47)/t35-,39-/m1/s1. The SMILES string of the molecule is COc1ccc([C@H]2COc3cc(O)ccc3[C@H]2c2ccc(N3CCC(CN4CCN(c5cc6c(cc5F)C(=O)NC6)CC4)CC3)cc2)cc1. The first-order valence-corrected chi connectivity index (χ1v) is 17.5. The van der Waals surface area contributed by atoms with Crippen LogP contribution in [0.15, 0.2) is 78.9 Å². The number of piperazine rings is 1. The second-order valence-corrected chi connectivity index (χ2v) is 13.8. The predicted molar refractivity (Wildman–Crippen MR) is 189 cm³/mol. The van der Waals surface area contributed by atoms with E-state index in [2.05, 4.69) is 56.4 Å². The quantitative estimate of drug-likeness (QED) is 0.247. The van der Waals surface area contributed by atoms with E-state index in [-0.39, 0.29) is 29.3 Å². The number of anilines is 2. The molecule has 2 fully saturated rings. The molecule has 2 saturated heterocycles. The molecular weight excluding hydrogens is 619 g/mol. The summed E-state index contributed by atoms with van der Waals surface area (Å²) in [4.78, 5) is 19.1. The van der Waals surface area contributed by atoms with Gasteiger partial charge in [0.1, 0.15) is 23.1 Å². The summed E-state index contributed by atoms with van der Waals surface area (Å²) in [7, 11) is 1.68. The van der Waals surface area contributed by atoms with Gasteiger partial charge in [-0.2, -0.15) is 0 Å². The van der Waals surface area contributed by atoms with E-state index in [4.69, 9.17) is 9.47 Å². The van der Waals surface area contributed by atoms with Gasteiger partial charge >= 0.3 is 0 Å². The number of carbonyl (C=O) groups excluding carboxylic acids is 1. The summed E-state index contributed by atoms with van der Waals surface area (Å²) < 4.78 is 26.5. The Morgan fingerprint density at radius 1 is 0.878 bits per heavy atom. The molecule has 4 heterocycles. The van der Waals surface area contributed by atoms with Crippen LogP contribution in [0.3, 0.4) is 0 Å². The molecule has 0 saturated carbocycles. The van der Waals surface area contributed by atoms with E-state index < -0.39 is 0 Å². The zero-order valence-electron chi connectivity index (χ0n) is 27.9. The van der Waals surface area contributed by atoms with E-state index in [9.17, 15) is 14.3 Å². The highest BCUT2D eigenvalue weighted by molar-refractivity contribution is 5.98. The van der Waals surface area contributed by atoms with Gasteiger partial charge in [0.15, 0.2) is 0 Å². The predicted octanol–water partition coefficient (Wildman–Crippen LogP) is 6.13. The molecule has 0 spiro atoms. The third-order valence-corrected chi connectivity index (χ3v) is 11.0. The molecule has 2 atom stereocenters. The fourth-order valence-electron chi connectivity index (χ4n) is 8.23.